The van der Waals surface area contributed by atoms with Crippen LogP contribution in [-0.2, 0) is 6.18 Å². The Labute approximate surface area is 188 Å². The molecule has 174 valence electrons. The Morgan fingerprint density at radius 2 is 1.91 bits per heavy atom. The number of carbonyl (C=O) groups is 1. The highest BCUT2D eigenvalue weighted by molar-refractivity contribution is 6.31. The van der Waals surface area contributed by atoms with E-state index in [0.29, 0.717) is 41.9 Å². The van der Waals surface area contributed by atoms with Gasteiger partial charge in [0, 0.05) is 34.7 Å². The molecule has 2 heterocycles. The number of fused-ring (bicyclic) bond motifs is 1. The fourth-order valence-electron chi connectivity index (χ4n) is 4.51. The molecule has 3 atom stereocenters. The van der Waals surface area contributed by atoms with E-state index in [9.17, 15) is 22.4 Å². The predicted molar refractivity (Wildman–Crippen MR) is 116 cm³/mol. The lowest BCUT2D eigenvalue weighted by Crippen LogP contribution is -2.51. The molecular weight excluding hydrogens is 448 g/mol. The van der Waals surface area contributed by atoms with Gasteiger partial charge >= 0.3 is 12.2 Å². The van der Waals surface area contributed by atoms with Crippen LogP contribution in [0.4, 0.5) is 28.0 Å². The molecular formula is C22H25ClF4N4O. The number of rotatable bonds is 3. The molecule has 2 aliphatic rings. The minimum Gasteiger partial charge on any atom is -0.382 e. The summed E-state index contributed by atoms with van der Waals surface area (Å²) in [5.74, 6) is 0. The van der Waals surface area contributed by atoms with E-state index in [1.165, 1.54) is 17.0 Å². The van der Waals surface area contributed by atoms with Crippen LogP contribution in [0.3, 0.4) is 0 Å². The summed E-state index contributed by atoms with van der Waals surface area (Å²) in [4.78, 5) is 17.8. The van der Waals surface area contributed by atoms with Crippen LogP contribution < -0.4 is 10.6 Å². The number of hydrogen-bond acceptors (Lipinski definition) is 3. The molecule has 0 radical (unpaired) electrons. The van der Waals surface area contributed by atoms with E-state index in [2.05, 4.69) is 15.6 Å². The molecule has 1 aliphatic heterocycles. The van der Waals surface area contributed by atoms with E-state index in [0.717, 1.165) is 25.3 Å². The molecule has 1 saturated heterocycles. The summed E-state index contributed by atoms with van der Waals surface area (Å²) < 4.78 is 53.7. The first-order valence-corrected chi connectivity index (χ1v) is 11.2. The molecule has 1 unspecified atom stereocenters. The van der Waals surface area contributed by atoms with E-state index in [-0.39, 0.29) is 30.2 Å². The zero-order chi connectivity index (χ0) is 22.9. The Balaban J connectivity index is 1.48. The van der Waals surface area contributed by atoms with Gasteiger partial charge in [0.05, 0.1) is 12.1 Å². The first-order valence-electron chi connectivity index (χ1n) is 10.8. The number of alkyl halides is 4. The van der Waals surface area contributed by atoms with Crippen LogP contribution >= 0.6 is 11.6 Å². The number of nitrogens with one attached hydrogen (secondary N) is 2. The van der Waals surface area contributed by atoms with Gasteiger partial charge < -0.3 is 15.5 Å². The fraction of sp³-hybridized carbons (Fsp3) is 0.545. The number of piperidine rings is 1. The lowest BCUT2D eigenvalue weighted by molar-refractivity contribution is -0.140. The Bertz CT molecular complexity index is 986. The average Bonchev–Trinajstić information content (AvgIpc) is 2.73. The number of amides is 2. The Hall–Kier alpha value is -2.29. The van der Waals surface area contributed by atoms with Crippen molar-refractivity contribution in [2.45, 2.75) is 63.0 Å². The minimum absolute atomic E-state index is 0.101. The van der Waals surface area contributed by atoms with Crippen LogP contribution in [0, 0.1) is 0 Å². The van der Waals surface area contributed by atoms with Crippen LogP contribution in [0.2, 0.25) is 5.02 Å². The van der Waals surface area contributed by atoms with E-state index < -0.39 is 18.0 Å². The van der Waals surface area contributed by atoms with Crippen molar-refractivity contribution >= 4 is 34.2 Å². The molecule has 0 spiro atoms. The van der Waals surface area contributed by atoms with E-state index in [1.807, 2.05) is 0 Å². The fourth-order valence-corrected chi connectivity index (χ4v) is 4.68. The SMILES string of the molecule is O=C(N[C@@H]1CCC[C@H](Nc2cc(C(F)(F)F)nc3ccc(Cl)cc23)C1)N1CCCC(F)C1. The molecule has 1 saturated carbocycles. The molecule has 1 aliphatic carbocycles. The van der Waals surface area contributed by atoms with Gasteiger partial charge in [-0.2, -0.15) is 13.2 Å². The van der Waals surface area contributed by atoms with Crippen molar-refractivity contribution in [3.8, 4) is 0 Å². The number of benzene rings is 1. The van der Waals surface area contributed by atoms with Crippen molar-refractivity contribution < 1.29 is 22.4 Å². The van der Waals surface area contributed by atoms with E-state index in [1.54, 1.807) is 6.07 Å². The van der Waals surface area contributed by atoms with Crippen molar-refractivity contribution in [2.75, 3.05) is 18.4 Å². The van der Waals surface area contributed by atoms with Gasteiger partial charge in [-0.1, -0.05) is 11.6 Å². The van der Waals surface area contributed by atoms with Crippen LogP contribution in [0.5, 0.6) is 0 Å². The maximum absolute atomic E-state index is 13.6. The van der Waals surface area contributed by atoms with Crippen molar-refractivity contribution in [2.24, 2.45) is 0 Å². The molecule has 5 nitrogen and oxygen atoms in total. The number of hydrogen-bond donors (Lipinski definition) is 2. The summed E-state index contributed by atoms with van der Waals surface area (Å²) >= 11 is 6.07. The highest BCUT2D eigenvalue weighted by Gasteiger charge is 2.34. The number of nitrogens with zero attached hydrogens (tertiary/aromatic N) is 2. The monoisotopic (exact) mass is 472 g/mol. The molecule has 2 amide bonds. The Morgan fingerprint density at radius 1 is 1.12 bits per heavy atom. The van der Waals surface area contributed by atoms with Gasteiger partial charge in [0.25, 0.3) is 0 Å². The summed E-state index contributed by atoms with van der Waals surface area (Å²) in [5, 5.41) is 7.12. The van der Waals surface area contributed by atoms with Crippen molar-refractivity contribution in [1.29, 1.82) is 0 Å². The quantitative estimate of drug-likeness (QED) is 0.557. The summed E-state index contributed by atoms with van der Waals surface area (Å²) in [6.07, 6.45) is -1.55. The van der Waals surface area contributed by atoms with Gasteiger partial charge in [-0.3, -0.25) is 0 Å². The van der Waals surface area contributed by atoms with E-state index >= 15 is 0 Å². The zero-order valence-electron chi connectivity index (χ0n) is 17.4. The summed E-state index contributed by atoms with van der Waals surface area (Å²) in [7, 11) is 0. The van der Waals surface area contributed by atoms with Crippen molar-refractivity contribution in [3.63, 3.8) is 0 Å². The highest BCUT2D eigenvalue weighted by atomic mass is 35.5. The van der Waals surface area contributed by atoms with Crippen LogP contribution in [-0.4, -0.2) is 47.3 Å². The standard InChI is InChI=1S/C22H25ClF4N4O/c23-13-6-7-18-17(9-13)19(11-20(30-18)22(25,26)27)28-15-4-1-5-16(10-15)29-21(32)31-8-2-3-14(24)12-31/h6-7,9,11,14-16H,1-5,8,10,12H2,(H,28,30)(H,29,32)/t14?,15-,16+/m0/s1. The Kier molecular flexibility index (Phi) is 6.65. The first-order chi connectivity index (χ1) is 15.2. The minimum atomic E-state index is -4.57. The molecule has 10 heteroatoms. The van der Waals surface area contributed by atoms with Crippen LogP contribution in [0.15, 0.2) is 24.3 Å². The van der Waals surface area contributed by atoms with Crippen LogP contribution in [0.25, 0.3) is 10.9 Å². The number of anilines is 1. The third-order valence-electron chi connectivity index (χ3n) is 6.07. The van der Waals surface area contributed by atoms with Crippen molar-refractivity contribution in [1.82, 2.24) is 15.2 Å². The second-order valence-electron chi connectivity index (χ2n) is 8.55. The maximum Gasteiger partial charge on any atom is 0.433 e. The molecule has 4 rings (SSSR count). The van der Waals surface area contributed by atoms with E-state index in [4.69, 9.17) is 11.6 Å². The number of aromatic nitrogens is 1. The maximum atomic E-state index is 13.6. The highest BCUT2D eigenvalue weighted by Crippen LogP contribution is 2.35. The number of likely N-dealkylation sites (tertiary alicyclic amines) is 1. The molecule has 1 aromatic carbocycles. The number of pyridine rings is 1. The molecule has 2 N–H and O–H groups in total. The first kappa shape index (κ1) is 22.9. The molecule has 2 fully saturated rings. The summed E-state index contributed by atoms with van der Waals surface area (Å²) in [6, 6.07) is 5.05. The zero-order valence-corrected chi connectivity index (χ0v) is 18.1. The second kappa shape index (κ2) is 9.29. The van der Waals surface area contributed by atoms with Gasteiger partial charge in [0.15, 0.2) is 0 Å². The molecule has 1 aromatic heterocycles. The van der Waals surface area contributed by atoms with Gasteiger partial charge in [-0.05, 0) is 62.8 Å². The van der Waals surface area contributed by atoms with Gasteiger partial charge in [0.1, 0.15) is 11.9 Å². The molecule has 0 bridgehead atoms. The topological polar surface area (TPSA) is 57.3 Å². The molecule has 32 heavy (non-hydrogen) atoms. The lowest BCUT2D eigenvalue weighted by atomic mass is 9.90. The third kappa shape index (κ3) is 5.36. The number of urea groups is 1. The predicted octanol–water partition coefficient (Wildman–Crippen LogP) is 5.77. The van der Waals surface area contributed by atoms with Crippen LogP contribution in [0.1, 0.15) is 44.2 Å². The number of carbonyl (C=O) groups excluding carboxylic acids is 1. The third-order valence-corrected chi connectivity index (χ3v) is 6.31. The smallest absolute Gasteiger partial charge is 0.382 e. The van der Waals surface area contributed by atoms with Gasteiger partial charge in [-0.15, -0.1) is 0 Å². The van der Waals surface area contributed by atoms with Crippen molar-refractivity contribution in [3.05, 3.63) is 35.0 Å². The summed E-state index contributed by atoms with van der Waals surface area (Å²) in [5.41, 5.74) is -0.447. The van der Waals surface area contributed by atoms with Gasteiger partial charge in [-0.25, -0.2) is 14.2 Å². The Morgan fingerprint density at radius 3 is 2.66 bits per heavy atom. The lowest BCUT2D eigenvalue weighted by Gasteiger charge is -2.34. The largest absolute Gasteiger partial charge is 0.433 e. The number of halogens is 5. The summed E-state index contributed by atoms with van der Waals surface area (Å²) in [6.45, 7) is 0.634. The normalized spacial score (nSPS) is 24.4. The average molecular weight is 473 g/mol. The second-order valence-corrected chi connectivity index (χ2v) is 8.99. The molecule has 2 aromatic rings. The van der Waals surface area contributed by atoms with Gasteiger partial charge in [0.2, 0.25) is 0 Å².